The van der Waals surface area contributed by atoms with Crippen LogP contribution in [0.1, 0.15) is 19.8 Å². The fraction of sp³-hybridized carbons (Fsp3) is 0.412. The monoisotopic (exact) mass is 310 g/mol. The second-order valence-corrected chi connectivity index (χ2v) is 6.24. The zero-order valence-electron chi connectivity index (χ0n) is 13.6. The van der Waals surface area contributed by atoms with Gasteiger partial charge in [0, 0.05) is 18.7 Å². The van der Waals surface area contributed by atoms with Crippen molar-refractivity contribution in [2.75, 3.05) is 23.7 Å². The second-order valence-electron chi connectivity index (χ2n) is 6.24. The number of hydrogen-bond donors (Lipinski definition) is 2. The molecule has 0 atom stereocenters. The van der Waals surface area contributed by atoms with Crippen molar-refractivity contribution in [2.24, 2.45) is 0 Å². The average molecular weight is 310 g/mol. The van der Waals surface area contributed by atoms with Crippen molar-refractivity contribution in [3.05, 3.63) is 30.3 Å². The van der Waals surface area contributed by atoms with E-state index in [0.29, 0.717) is 17.1 Å². The van der Waals surface area contributed by atoms with Crippen LogP contribution in [0.2, 0.25) is 12.1 Å². The first kappa shape index (κ1) is 15.7. The lowest BCUT2D eigenvalue weighted by atomic mass is 9.59. The van der Waals surface area contributed by atoms with Crippen molar-refractivity contribution in [2.45, 2.75) is 31.9 Å². The third kappa shape index (κ3) is 3.41. The van der Waals surface area contributed by atoms with Gasteiger partial charge in [0.05, 0.1) is 11.4 Å². The van der Waals surface area contributed by atoms with Gasteiger partial charge >= 0.3 is 0 Å². The number of aromatic nitrogens is 2. The molecule has 0 radical (unpaired) electrons. The summed E-state index contributed by atoms with van der Waals surface area (Å²) in [4.78, 5) is 2.29. The zero-order chi connectivity index (χ0) is 16.2. The van der Waals surface area contributed by atoms with E-state index in [0.717, 1.165) is 24.6 Å². The number of phenolic OH excluding ortho intramolecular Hbond substituents is 1. The van der Waals surface area contributed by atoms with Gasteiger partial charge in [-0.3, -0.25) is 0 Å². The Labute approximate surface area is 137 Å². The Kier molecular flexibility index (Phi) is 4.69. The molecule has 1 aliphatic heterocycles. The molecular formula is C17H23BN4O. The number of hydrogen-bond acceptors (Lipinski definition) is 5. The summed E-state index contributed by atoms with van der Waals surface area (Å²) in [5, 5.41) is 18.3. The smallest absolute Gasteiger partial charge is 0.169 e. The van der Waals surface area contributed by atoms with E-state index in [9.17, 15) is 5.11 Å². The van der Waals surface area contributed by atoms with Crippen molar-refractivity contribution in [3.8, 4) is 17.0 Å². The third-order valence-corrected chi connectivity index (χ3v) is 4.63. The Balaban J connectivity index is 1.83. The van der Waals surface area contributed by atoms with Gasteiger partial charge in [-0.15, -0.1) is 10.2 Å². The Hall–Kier alpha value is -2.24. The molecule has 1 fully saturated rings. The third-order valence-electron chi connectivity index (χ3n) is 4.63. The van der Waals surface area contributed by atoms with E-state index in [2.05, 4.69) is 22.0 Å². The van der Waals surface area contributed by atoms with Crippen LogP contribution in [0.25, 0.3) is 11.3 Å². The van der Waals surface area contributed by atoms with Gasteiger partial charge in [0.2, 0.25) is 0 Å². The zero-order valence-corrected chi connectivity index (χ0v) is 13.6. The van der Waals surface area contributed by atoms with Crippen molar-refractivity contribution in [3.63, 3.8) is 0 Å². The van der Waals surface area contributed by atoms with Gasteiger partial charge < -0.3 is 15.7 Å². The summed E-state index contributed by atoms with van der Waals surface area (Å²) in [5.74, 6) is 1.49. The van der Waals surface area contributed by atoms with Crippen molar-refractivity contribution in [1.82, 2.24) is 10.2 Å². The van der Waals surface area contributed by atoms with Crippen LogP contribution in [-0.4, -0.2) is 35.7 Å². The minimum Gasteiger partial charge on any atom is -0.507 e. The molecule has 0 unspecified atom stereocenters. The normalized spacial score (nSPS) is 15.6. The van der Waals surface area contributed by atoms with E-state index >= 15 is 0 Å². The van der Waals surface area contributed by atoms with Gasteiger partial charge in [0.1, 0.15) is 13.0 Å². The van der Waals surface area contributed by atoms with Crippen LogP contribution in [-0.2, 0) is 0 Å². The molecule has 0 bridgehead atoms. The summed E-state index contributed by atoms with van der Waals surface area (Å²) in [6, 6.07) is 9.11. The minimum atomic E-state index is 0.208. The van der Waals surface area contributed by atoms with E-state index in [1.807, 2.05) is 18.2 Å². The van der Waals surface area contributed by atoms with Crippen molar-refractivity contribution in [1.29, 1.82) is 0 Å². The topological polar surface area (TPSA) is 75.3 Å². The number of piperidine rings is 1. The van der Waals surface area contributed by atoms with Crippen LogP contribution < -0.4 is 10.6 Å². The first-order chi connectivity index (χ1) is 11.2. The fourth-order valence-electron chi connectivity index (χ4n) is 3.34. The SMILES string of the molecule is CCBC1CCN(c2cc(-c3ccccc3O)nnc2N)CC1. The Morgan fingerprint density at radius 1 is 1.26 bits per heavy atom. The molecule has 1 aromatic carbocycles. The van der Waals surface area contributed by atoms with Gasteiger partial charge in [-0.2, -0.15) is 0 Å². The summed E-state index contributed by atoms with van der Waals surface area (Å²) < 4.78 is 0. The Morgan fingerprint density at radius 3 is 2.70 bits per heavy atom. The molecule has 120 valence electrons. The van der Waals surface area contributed by atoms with Gasteiger partial charge in [-0.05, 0) is 31.0 Å². The molecule has 0 saturated carbocycles. The number of benzene rings is 1. The molecule has 23 heavy (non-hydrogen) atoms. The molecule has 0 amide bonds. The summed E-state index contributed by atoms with van der Waals surface area (Å²) in [5.41, 5.74) is 8.31. The molecule has 3 N–H and O–H groups in total. The highest BCUT2D eigenvalue weighted by Crippen LogP contribution is 2.33. The summed E-state index contributed by atoms with van der Waals surface area (Å²) in [7, 11) is 1.31. The number of phenols is 1. The number of nitrogen functional groups attached to an aromatic ring is 1. The van der Waals surface area contributed by atoms with E-state index in [1.165, 1.54) is 26.4 Å². The molecule has 0 aliphatic carbocycles. The summed E-state index contributed by atoms with van der Waals surface area (Å²) in [6.45, 7) is 4.25. The molecular weight excluding hydrogens is 287 g/mol. The molecule has 5 nitrogen and oxygen atoms in total. The van der Waals surface area contributed by atoms with E-state index in [-0.39, 0.29) is 5.75 Å². The maximum atomic E-state index is 10.0. The summed E-state index contributed by atoms with van der Waals surface area (Å²) >= 11 is 0. The van der Waals surface area contributed by atoms with Crippen molar-refractivity contribution >= 4 is 18.8 Å². The molecule has 1 aliphatic rings. The fourth-order valence-corrected chi connectivity index (χ4v) is 3.34. The summed E-state index contributed by atoms with van der Waals surface area (Å²) in [6.07, 6.45) is 3.64. The van der Waals surface area contributed by atoms with Crippen LogP contribution in [0.15, 0.2) is 30.3 Å². The van der Waals surface area contributed by atoms with Crippen LogP contribution >= 0.6 is 0 Å². The number of rotatable bonds is 4. The first-order valence-electron chi connectivity index (χ1n) is 8.35. The molecule has 1 saturated heterocycles. The lowest BCUT2D eigenvalue weighted by Crippen LogP contribution is -2.34. The Morgan fingerprint density at radius 2 is 2.00 bits per heavy atom. The van der Waals surface area contributed by atoms with Gasteiger partial charge in [0.25, 0.3) is 0 Å². The number of nitrogens with two attached hydrogens (primary N) is 1. The van der Waals surface area contributed by atoms with Crippen LogP contribution in [0, 0.1) is 0 Å². The standard InChI is InChI=1S/C17H23BN4O/c1-2-18-12-7-9-22(10-8-12)15-11-14(20-21-17(15)19)13-5-3-4-6-16(13)23/h3-6,11-12,18,23H,2,7-10H2,1H3,(H2,19,21). The molecule has 0 spiro atoms. The van der Waals surface area contributed by atoms with E-state index in [4.69, 9.17) is 5.73 Å². The van der Waals surface area contributed by atoms with Crippen LogP contribution in [0.4, 0.5) is 11.5 Å². The van der Waals surface area contributed by atoms with Crippen LogP contribution in [0.3, 0.4) is 0 Å². The predicted octanol–water partition coefficient (Wildman–Crippen LogP) is 2.69. The highest BCUT2D eigenvalue weighted by atomic mass is 16.3. The number of para-hydroxylation sites is 1. The van der Waals surface area contributed by atoms with E-state index in [1.54, 1.807) is 12.1 Å². The van der Waals surface area contributed by atoms with Gasteiger partial charge in [-0.25, -0.2) is 0 Å². The molecule has 6 heteroatoms. The molecule has 3 rings (SSSR count). The quantitative estimate of drug-likeness (QED) is 0.849. The molecule has 1 aromatic heterocycles. The van der Waals surface area contributed by atoms with Crippen LogP contribution in [0.5, 0.6) is 5.75 Å². The molecule has 2 aromatic rings. The predicted molar refractivity (Wildman–Crippen MR) is 96.4 cm³/mol. The van der Waals surface area contributed by atoms with E-state index < -0.39 is 0 Å². The molecule has 2 heterocycles. The number of aromatic hydroxyl groups is 1. The van der Waals surface area contributed by atoms with Gasteiger partial charge in [0.15, 0.2) is 5.82 Å². The lowest BCUT2D eigenvalue weighted by Gasteiger charge is -2.33. The van der Waals surface area contributed by atoms with Gasteiger partial charge in [-0.1, -0.05) is 31.2 Å². The maximum Gasteiger partial charge on any atom is 0.169 e. The average Bonchev–Trinajstić information content (AvgIpc) is 2.57. The highest BCUT2D eigenvalue weighted by Gasteiger charge is 2.22. The number of nitrogens with zero attached hydrogens (tertiary/aromatic N) is 3. The first-order valence-corrected chi connectivity index (χ1v) is 8.35. The minimum absolute atomic E-state index is 0.208. The largest absolute Gasteiger partial charge is 0.507 e. The maximum absolute atomic E-state index is 10.0. The number of anilines is 2. The van der Waals surface area contributed by atoms with Crippen molar-refractivity contribution < 1.29 is 5.11 Å². The second kappa shape index (κ2) is 6.90. The highest BCUT2D eigenvalue weighted by molar-refractivity contribution is 6.37. The Bertz CT molecular complexity index is 671. The lowest BCUT2D eigenvalue weighted by molar-refractivity contribution is 0.477.